The highest BCUT2D eigenvalue weighted by molar-refractivity contribution is 6.74. The van der Waals surface area contributed by atoms with Gasteiger partial charge in [-0.05, 0) is 36.5 Å². The van der Waals surface area contributed by atoms with Gasteiger partial charge in [0, 0.05) is 31.5 Å². The van der Waals surface area contributed by atoms with E-state index in [4.69, 9.17) is 9.96 Å². The number of azide groups is 1. The van der Waals surface area contributed by atoms with Crippen molar-refractivity contribution in [2.45, 2.75) is 58.2 Å². The van der Waals surface area contributed by atoms with Gasteiger partial charge in [0.05, 0.1) is 6.61 Å². The predicted molar refractivity (Wildman–Crippen MR) is 88.7 cm³/mol. The van der Waals surface area contributed by atoms with E-state index in [9.17, 15) is 4.79 Å². The molecular weight excluding hydrogens is 284 g/mol. The Morgan fingerprint density at radius 2 is 1.95 bits per heavy atom. The van der Waals surface area contributed by atoms with Crippen molar-refractivity contribution >= 4 is 14.2 Å². The molecule has 0 saturated heterocycles. The van der Waals surface area contributed by atoms with Crippen LogP contribution in [0.3, 0.4) is 0 Å². The Labute approximate surface area is 129 Å². The average molecular weight is 315 g/mol. The first-order chi connectivity index (χ1) is 9.62. The molecule has 0 spiro atoms. The molecule has 21 heavy (non-hydrogen) atoms. The van der Waals surface area contributed by atoms with Crippen LogP contribution in [0.2, 0.25) is 18.1 Å². The summed E-state index contributed by atoms with van der Waals surface area (Å²) < 4.78 is 6.06. The van der Waals surface area contributed by atoms with Crippen LogP contribution in [0.5, 0.6) is 0 Å². The zero-order valence-electron chi connectivity index (χ0n) is 14.3. The lowest BCUT2D eigenvalue weighted by Gasteiger charge is -2.36. The molecule has 0 aliphatic rings. The van der Waals surface area contributed by atoms with Crippen LogP contribution in [0.1, 0.15) is 40.0 Å². The lowest BCUT2D eigenvalue weighted by Crippen LogP contribution is -2.43. The zero-order chi connectivity index (χ0) is 16.5. The molecule has 1 amide bonds. The topological polar surface area (TPSA) is 78.3 Å². The highest BCUT2D eigenvalue weighted by Gasteiger charge is 2.36. The number of carbonyl (C=O) groups excluding carboxylic acids is 1. The monoisotopic (exact) mass is 314 g/mol. The molecule has 0 N–H and O–H groups in total. The van der Waals surface area contributed by atoms with Crippen molar-refractivity contribution < 1.29 is 9.22 Å². The number of unbranched alkanes of at least 4 members (excludes halogenated alkanes) is 1. The van der Waals surface area contributed by atoms with Crippen LogP contribution in [0, 0.1) is 0 Å². The SMILES string of the molecule is CN(CCO[Si](C)(C)C(C)(C)C)C(=O)CCCCN=[N+]=[N-]. The molecule has 0 heterocycles. The Bertz CT molecular complexity index is 374. The Morgan fingerprint density at radius 1 is 1.33 bits per heavy atom. The molecular formula is C14H30N4O2Si. The highest BCUT2D eigenvalue weighted by Crippen LogP contribution is 2.36. The highest BCUT2D eigenvalue weighted by atomic mass is 28.4. The summed E-state index contributed by atoms with van der Waals surface area (Å²) in [5.74, 6) is 0.120. The molecule has 0 aliphatic heterocycles. The maximum absolute atomic E-state index is 11.9. The Balaban J connectivity index is 3.95. The molecule has 0 aliphatic carbocycles. The molecule has 0 unspecified atom stereocenters. The molecule has 122 valence electrons. The summed E-state index contributed by atoms with van der Waals surface area (Å²) >= 11 is 0. The molecule has 7 heteroatoms. The van der Waals surface area contributed by atoms with E-state index in [0.717, 1.165) is 12.8 Å². The van der Waals surface area contributed by atoms with Crippen molar-refractivity contribution in [1.82, 2.24) is 4.90 Å². The second kappa shape index (κ2) is 9.07. The Hall–Kier alpha value is -1.04. The quantitative estimate of drug-likeness (QED) is 0.212. The first kappa shape index (κ1) is 20.0. The van der Waals surface area contributed by atoms with E-state index in [0.29, 0.717) is 26.1 Å². The third-order valence-corrected chi connectivity index (χ3v) is 8.62. The molecule has 0 radical (unpaired) electrons. The van der Waals surface area contributed by atoms with E-state index in [-0.39, 0.29) is 10.9 Å². The van der Waals surface area contributed by atoms with Gasteiger partial charge in [0.1, 0.15) is 0 Å². The minimum absolute atomic E-state index is 0.120. The third-order valence-electron chi connectivity index (χ3n) is 4.08. The van der Waals surface area contributed by atoms with Gasteiger partial charge >= 0.3 is 0 Å². The van der Waals surface area contributed by atoms with Crippen LogP contribution >= 0.6 is 0 Å². The molecule has 0 bridgehead atoms. The first-order valence-corrected chi connectivity index (χ1v) is 10.4. The van der Waals surface area contributed by atoms with Gasteiger partial charge in [0.25, 0.3) is 0 Å². The number of likely N-dealkylation sites (N-methyl/N-ethyl adjacent to an activating group) is 1. The van der Waals surface area contributed by atoms with Crippen molar-refractivity contribution in [1.29, 1.82) is 0 Å². The molecule has 0 rings (SSSR count). The summed E-state index contributed by atoms with van der Waals surface area (Å²) in [6, 6.07) is 0. The molecule has 0 aromatic heterocycles. The van der Waals surface area contributed by atoms with Crippen molar-refractivity contribution in [3.8, 4) is 0 Å². The predicted octanol–water partition coefficient (Wildman–Crippen LogP) is 3.95. The van der Waals surface area contributed by atoms with Crippen molar-refractivity contribution in [3.63, 3.8) is 0 Å². The third kappa shape index (κ3) is 8.09. The molecule has 0 aromatic carbocycles. The molecule has 0 saturated carbocycles. The van der Waals surface area contributed by atoms with E-state index < -0.39 is 8.32 Å². The van der Waals surface area contributed by atoms with E-state index in [2.05, 4.69) is 43.9 Å². The van der Waals surface area contributed by atoms with Crippen LogP contribution in [0.15, 0.2) is 5.11 Å². The van der Waals surface area contributed by atoms with E-state index >= 15 is 0 Å². The van der Waals surface area contributed by atoms with Gasteiger partial charge in [-0.3, -0.25) is 4.79 Å². The van der Waals surface area contributed by atoms with Crippen LogP contribution in [0.25, 0.3) is 10.4 Å². The fourth-order valence-electron chi connectivity index (χ4n) is 1.47. The van der Waals surface area contributed by atoms with Crippen molar-refractivity contribution in [3.05, 3.63) is 10.4 Å². The minimum atomic E-state index is -1.73. The maximum Gasteiger partial charge on any atom is 0.222 e. The summed E-state index contributed by atoms with van der Waals surface area (Å²) in [5.41, 5.74) is 8.16. The van der Waals surface area contributed by atoms with Crippen molar-refractivity contribution in [2.24, 2.45) is 5.11 Å². The van der Waals surface area contributed by atoms with E-state index in [1.165, 1.54) is 0 Å². The van der Waals surface area contributed by atoms with Gasteiger partial charge in [0.2, 0.25) is 5.91 Å². The van der Waals surface area contributed by atoms with Crippen LogP contribution in [-0.2, 0) is 9.22 Å². The Kier molecular flexibility index (Phi) is 8.62. The first-order valence-electron chi connectivity index (χ1n) is 7.50. The van der Waals surface area contributed by atoms with Crippen molar-refractivity contribution in [2.75, 3.05) is 26.7 Å². The number of carbonyl (C=O) groups is 1. The second-order valence-corrected chi connectivity index (χ2v) is 11.6. The summed E-state index contributed by atoms with van der Waals surface area (Å²) in [4.78, 5) is 16.3. The van der Waals surface area contributed by atoms with Gasteiger partial charge < -0.3 is 9.33 Å². The van der Waals surface area contributed by atoms with E-state index in [1.54, 1.807) is 4.90 Å². The lowest BCUT2D eigenvalue weighted by molar-refractivity contribution is -0.130. The number of hydrogen-bond donors (Lipinski definition) is 0. The minimum Gasteiger partial charge on any atom is -0.415 e. The number of amides is 1. The maximum atomic E-state index is 11.9. The van der Waals surface area contributed by atoms with E-state index in [1.807, 2.05) is 7.05 Å². The summed E-state index contributed by atoms with van der Waals surface area (Å²) in [5, 5.41) is 3.64. The van der Waals surface area contributed by atoms with Gasteiger partial charge in [-0.1, -0.05) is 25.9 Å². The largest absolute Gasteiger partial charge is 0.415 e. The summed E-state index contributed by atoms with van der Waals surface area (Å²) in [6.45, 7) is 12.7. The standard InChI is InChI=1S/C14H30N4O2Si/c1-14(2,3)21(5,6)20-12-11-18(4)13(19)9-7-8-10-16-17-15/h7-12H2,1-6H3. The second-order valence-electron chi connectivity index (χ2n) is 6.84. The van der Waals surface area contributed by atoms with Crippen LogP contribution in [0.4, 0.5) is 0 Å². The number of hydrogen-bond acceptors (Lipinski definition) is 3. The molecule has 0 atom stereocenters. The summed E-state index contributed by atoms with van der Waals surface area (Å²) in [6.07, 6.45) is 2.01. The zero-order valence-corrected chi connectivity index (χ0v) is 15.3. The van der Waals surface area contributed by atoms with Gasteiger partial charge in [-0.15, -0.1) is 0 Å². The fraction of sp³-hybridized carbons (Fsp3) is 0.929. The van der Waals surface area contributed by atoms with Crippen LogP contribution in [-0.4, -0.2) is 45.9 Å². The van der Waals surface area contributed by atoms with Crippen LogP contribution < -0.4 is 0 Å². The van der Waals surface area contributed by atoms with Gasteiger partial charge in [-0.25, -0.2) is 0 Å². The lowest BCUT2D eigenvalue weighted by atomic mass is 10.2. The fourth-order valence-corrected chi connectivity index (χ4v) is 2.51. The molecule has 0 aromatic rings. The number of nitrogens with zero attached hydrogens (tertiary/aromatic N) is 4. The Morgan fingerprint density at radius 3 is 2.48 bits per heavy atom. The smallest absolute Gasteiger partial charge is 0.222 e. The normalized spacial score (nSPS) is 11.9. The summed E-state index contributed by atoms with van der Waals surface area (Å²) in [7, 11) is 0.0790. The number of rotatable bonds is 9. The molecule has 6 nitrogen and oxygen atoms in total. The molecule has 0 fully saturated rings. The van der Waals surface area contributed by atoms with Gasteiger partial charge in [-0.2, -0.15) is 0 Å². The average Bonchev–Trinajstić information content (AvgIpc) is 2.36. The van der Waals surface area contributed by atoms with Gasteiger partial charge in [0.15, 0.2) is 8.32 Å².